The molecular formula is C22H32ClN5O2. The van der Waals surface area contributed by atoms with Crippen LogP contribution >= 0.6 is 11.6 Å². The summed E-state index contributed by atoms with van der Waals surface area (Å²) in [6.07, 6.45) is 5.12. The number of ether oxygens (including phenoxy) is 1. The molecule has 1 heterocycles. The van der Waals surface area contributed by atoms with Crippen LogP contribution in [0.25, 0.3) is 0 Å². The van der Waals surface area contributed by atoms with E-state index in [-0.39, 0.29) is 12.1 Å². The van der Waals surface area contributed by atoms with E-state index in [2.05, 4.69) is 15.5 Å². The predicted molar refractivity (Wildman–Crippen MR) is 117 cm³/mol. The van der Waals surface area contributed by atoms with Crippen LogP contribution in [0, 0.1) is 0 Å². The summed E-state index contributed by atoms with van der Waals surface area (Å²) in [5.74, 6) is 0.841. The lowest BCUT2D eigenvalue weighted by Gasteiger charge is -2.50. The van der Waals surface area contributed by atoms with Crippen LogP contribution in [-0.4, -0.2) is 44.4 Å². The van der Waals surface area contributed by atoms with Crippen molar-refractivity contribution in [1.82, 2.24) is 25.0 Å². The summed E-state index contributed by atoms with van der Waals surface area (Å²) in [4.78, 5) is 14.9. The standard InChI is InChI=1S/C22H32ClN5O2/c1-21(2,3)30-20(29)28(5)22(16-10-6-7-11-17(16)23)13-9-8-12-18(22)24-14-19-26-25-15-27(19)4/h6-7,10-11,15,18,24H,8-9,12-14H2,1-5H3/t18-,22+/m0/s1. The molecule has 1 aliphatic carbocycles. The van der Waals surface area contributed by atoms with E-state index in [9.17, 15) is 4.79 Å². The fraction of sp³-hybridized carbons (Fsp3) is 0.591. The van der Waals surface area contributed by atoms with Gasteiger partial charge in [-0.15, -0.1) is 10.2 Å². The van der Waals surface area contributed by atoms with Crippen LogP contribution in [-0.2, 0) is 23.9 Å². The van der Waals surface area contributed by atoms with Gasteiger partial charge in [-0.3, -0.25) is 4.90 Å². The Bertz CT molecular complexity index is 878. The number of nitrogens with zero attached hydrogens (tertiary/aromatic N) is 4. The number of likely N-dealkylation sites (N-methyl/N-ethyl adjacent to an activating group) is 1. The molecule has 2 atom stereocenters. The van der Waals surface area contributed by atoms with Gasteiger partial charge in [0.2, 0.25) is 0 Å². The third kappa shape index (κ3) is 4.62. The molecule has 8 heteroatoms. The Balaban J connectivity index is 2.00. The van der Waals surface area contributed by atoms with Crippen LogP contribution in [0.1, 0.15) is 57.8 Å². The maximum atomic E-state index is 13.2. The van der Waals surface area contributed by atoms with E-state index in [4.69, 9.17) is 16.3 Å². The van der Waals surface area contributed by atoms with Crippen LogP contribution in [0.3, 0.4) is 0 Å². The van der Waals surface area contributed by atoms with Crippen LogP contribution in [0.5, 0.6) is 0 Å². The molecule has 1 saturated carbocycles. The third-order valence-corrected chi connectivity index (χ3v) is 6.12. The van der Waals surface area contributed by atoms with Gasteiger partial charge in [0.05, 0.1) is 12.1 Å². The zero-order chi connectivity index (χ0) is 21.9. The summed E-state index contributed by atoms with van der Waals surface area (Å²) >= 11 is 6.69. The summed E-state index contributed by atoms with van der Waals surface area (Å²) in [6.45, 7) is 6.19. The number of carbonyl (C=O) groups excluding carboxylic acids is 1. The summed E-state index contributed by atoms with van der Waals surface area (Å²) in [5.41, 5.74) is -0.268. The first-order valence-electron chi connectivity index (χ1n) is 10.4. The predicted octanol–water partition coefficient (Wildman–Crippen LogP) is 4.26. The van der Waals surface area contributed by atoms with Crippen molar-refractivity contribution in [2.45, 2.75) is 70.2 Å². The van der Waals surface area contributed by atoms with E-state index in [0.717, 1.165) is 37.1 Å². The number of amides is 1. The Morgan fingerprint density at radius 2 is 2.10 bits per heavy atom. The van der Waals surface area contributed by atoms with E-state index < -0.39 is 11.1 Å². The number of nitrogens with one attached hydrogen (secondary N) is 1. The molecule has 3 rings (SSSR count). The van der Waals surface area contributed by atoms with Gasteiger partial charge in [-0.1, -0.05) is 42.6 Å². The number of hydrogen-bond donors (Lipinski definition) is 1. The van der Waals surface area contributed by atoms with Crippen LogP contribution in [0.2, 0.25) is 5.02 Å². The lowest BCUT2D eigenvalue weighted by Crippen LogP contribution is -2.61. The topological polar surface area (TPSA) is 72.3 Å². The van der Waals surface area contributed by atoms with Crippen molar-refractivity contribution < 1.29 is 9.53 Å². The Hall–Kier alpha value is -2.12. The SMILES string of the molecule is CN(C(=O)OC(C)(C)C)[C@@]1(c2ccccc2Cl)CCCC[C@@H]1NCc1nncn1C. The molecule has 0 spiro atoms. The zero-order valence-corrected chi connectivity index (χ0v) is 19.2. The molecule has 1 aliphatic rings. The highest BCUT2D eigenvalue weighted by Crippen LogP contribution is 2.45. The summed E-state index contributed by atoms with van der Waals surface area (Å²) < 4.78 is 7.64. The van der Waals surface area contributed by atoms with E-state index in [1.54, 1.807) is 11.2 Å². The van der Waals surface area contributed by atoms with Gasteiger partial charge in [-0.25, -0.2) is 4.79 Å². The normalized spacial score (nSPS) is 22.0. The maximum Gasteiger partial charge on any atom is 0.410 e. The first-order chi connectivity index (χ1) is 14.1. The zero-order valence-electron chi connectivity index (χ0n) is 18.5. The second kappa shape index (κ2) is 8.94. The van der Waals surface area contributed by atoms with Crippen LogP contribution in [0.15, 0.2) is 30.6 Å². The van der Waals surface area contributed by atoms with Gasteiger partial charge in [0, 0.05) is 25.2 Å². The van der Waals surface area contributed by atoms with Crippen molar-refractivity contribution in [3.8, 4) is 0 Å². The van der Waals surface area contributed by atoms with E-state index in [0.29, 0.717) is 11.6 Å². The summed E-state index contributed by atoms with van der Waals surface area (Å²) in [6, 6.07) is 7.78. The third-order valence-electron chi connectivity index (χ3n) is 5.80. The second-order valence-electron chi connectivity index (χ2n) is 8.98. The molecule has 0 aliphatic heterocycles. The van der Waals surface area contributed by atoms with Crippen molar-refractivity contribution in [2.24, 2.45) is 7.05 Å². The molecule has 1 fully saturated rings. The fourth-order valence-corrected chi connectivity index (χ4v) is 4.62. The average Bonchev–Trinajstić information content (AvgIpc) is 3.10. The first kappa shape index (κ1) is 22.6. The molecule has 0 radical (unpaired) electrons. The van der Waals surface area contributed by atoms with Crippen molar-refractivity contribution >= 4 is 17.7 Å². The Kier molecular flexibility index (Phi) is 6.72. The molecular weight excluding hydrogens is 402 g/mol. The fourth-order valence-electron chi connectivity index (χ4n) is 4.32. The van der Waals surface area contributed by atoms with Gasteiger partial charge in [0.25, 0.3) is 0 Å². The number of carbonyl (C=O) groups is 1. The number of aryl methyl sites for hydroxylation is 1. The Morgan fingerprint density at radius 1 is 1.37 bits per heavy atom. The molecule has 0 unspecified atom stereocenters. The summed E-state index contributed by atoms with van der Waals surface area (Å²) in [7, 11) is 3.74. The van der Waals surface area contributed by atoms with Gasteiger partial charge >= 0.3 is 6.09 Å². The molecule has 0 saturated heterocycles. The number of rotatable bonds is 5. The lowest BCUT2D eigenvalue weighted by atomic mass is 9.71. The molecule has 0 bridgehead atoms. The van der Waals surface area contributed by atoms with Crippen molar-refractivity contribution in [3.63, 3.8) is 0 Å². The molecule has 1 N–H and O–H groups in total. The van der Waals surface area contributed by atoms with Gasteiger partial charge in [0.15, 0.2) is 0 Å². The van der Waals surface area contributed by atoms with E-state index >= 15 is 0 Å². The van der Waals surface area contributed by atoms with Gasteiger partial charge in [-0.2, -0.15) is 0 Å². The first-order valence-corrected chi connectivity index (χ1v) is 10.8. The largest absolute Gasteiger partial charge is 0.444 e. The average molecular weight is 434 g/mol. The van der Waals surface area contributed by atoms with Crippen molar-refractivity contribution in [2.75, 3.05) is 7.05 Å². The highest BCUT2D eigenvalue weighted by molar-refractivity contribution is 6.31. The monoisotopic (exact) mass is 433 g/mol. The molecule has 164 valence electrons. The maximum absolute atomic E-state index is 13.2. The van der Waals surface area contributed by atoms with Crippen molar-refractivity contribution in [3.05, 3.63) is 47.0 Å². The smallest absolute Gasteiger partial charge is 0.410 e. The molecule has 1 amide bonds. The molecule has 2 aromatic rings. The van der Waals surface area contributed by atoms with Gasteiger partial charge in [-0.05, 0) is 45.2 Å². The minimum atomic E-state index is -0.627. The highest BCUT2D eigenvalue weighted by Gasteiger charge is 2.49. The Labute approximate surface area is 183 Å². The second-order valence-corrected chi connectivity index (χ2v) is 9.39. The number of halogens is 1. The van der Waals surface area contributed by atoms with Gasteiger partial charge in [0.1, 0.15) is 17.8 Å². The quantitative estimate of drug-likeness (QED) is 0.762. The lowest BCUT2D eigenvalue weighted by molar-refractivity contribution is -0.0166. The highest BCUT2D eigenvalue weighted by atomic mass is 35.5. The molecule has 1 aromatic carbocycles. The van der Waals surface area contributed by atoms with Crippen molar-refractivity contribution in [1.29, 1.82) is 0 Å². The molecule has 1 aromatic heterocycles. The van der Waals surface area contributed by atoms with E-state index in [1.165, 1.54) is 0 Å². The minimum Gasteiger partial charge on any atom is -0.444 e. The molecule has 30 heavy (non-hydrogen) atoms. The molecule has 7 nitrogen and oxygen atoms in total. The number of benzene rings is 1. The van der Waals surface area contributed by atoms with E-state index in [1.807, 2.05) is 63.7 Å². The summed E-state index contributed by atoms with van der Waals surface area (Å²) in [5, 5.41) is 12.5. The van der Waals surface area contributed by atoms with Crippen LogP contribution in [0.4, 0.5) is 4.79 Å². The minimum absolute atomic E-state index is 0.0135. The Morgan fingerprint density at radius 3 is 2.73 bits per heavy atom. The number of hydrogen-bond acceptors (Lipinski definition) is 5. The number of aromatic nitrogens is 3. The van der Waals surface area contributed by atoms with Gasteiger partial charge < -0.3 is 14.6 Å². The van der Waals surface area contributed by atoms with Crippen LogP contribution < -0.4 is 5.32 Å².